The Morgan fingerprint density at radius 2 is 2.39 bits per heavy atom. The van der Waals surface area contributed by atoms with Gasteiger partial charge in [-0.25, -0.2) is 0 Å². The van der Waals surface area contributed by atoms with Crippen molar-refractivity contribution in [3.8, 4) is 0 Å². The van der Waals surface area contributed by atoms with Crippen LogP contribution < -0.4 is 5.32 Å². The van der Waals surface area contributed by atoms with Crippen LogP contribution in [0.1, 0.15) is 24.2 Å². The van der Waals surface area contributed by atoms with Crippen LogP contribution in [0.25, 0.3) is 0 Å². The Kier molecular flexibility index (Phi) is 3.04. The van der Waals surface area contributed by atoms with Crippen LogP contribution in [0, 0.1) is 12.8 Å². The number of aromatic nitrogens is 1. The first-order chi connectivity index (χ1) is 8.74. The minimum absolute atomic E-state index is 0.198. The summed E-state index contributed by atoms with van der Waals surface area (Å²) in [5.74, 6) is 0.499. The maximum absolute atomic E-state index is 12.3. The molecule has 3 rings (SSSR count). The van der Waals surface area contributed by atoms with Gasteiger partial charge in [0.1, 0.15) is 0 Å². The summed E-state index contributed by atoms with van der Waals surface area (Å²) in [6.45, 7) is 4.51. The number of carbonyl (C=O) groups excluding carboxylic acids is 1. The Labute approximate surface area is 107 Å². The van der Waals surface area contributed by atoms with Crippen LogP contribution in [0.5, 0.6) is 0 Å². The van der Waals surface area contributed by atoms with E-state index in [1.54, 1.807) is 0 Å². The lowest BCUT2D eigenvalue weighted by atomic mass is 9.94. The number of aryl methyl sites for hydroxylation is 1. The first-order valence-electron chi connectivity index (χ1n) is 6.69. The fraction of sp³-hybridized carbons (Fsp3) is 0.571. The molecule has 0 radical (unpaired) electrons. The highest BCUT2D eigenvalue weighted by Crippen LogP contribution is 2.27. The van der Waals surface area contributed by atoms with Crippen molar-refractivity contribution >= 4 is 5.91 Å². The molecule has 0 bridgehead atoms. The van der Waals surface area contributed by atoms with Crippen molar-refractivity contribution in [1.82, 2.24) is 15.2 Å². The first-order valence-corrected chi connectivity index (χ1v) is 6.69. The van der Waals surface area contributed by atoms with Crippen LogP contribution in [0.4, 0.5) is 0 Å². The van der Waals surface area contributed by atoms with E-state index in [0.29, 0.717) is 18.5 Å². The Morgan fingerprint density at radius 1 is 1.50 bits per heavy atom. The Morgan fingerprint density at radius 3 is 3.17 bits per heavy atom. The van der Waals surface area contributed by atoms with E-state index in [9.17, 15) is 4.79 Å². The van der Waals surface area contributed by atoms with E-state index in [1.165, 1.54) is 0 Å². The normalized spacial score (nSPS) is 27.4. The zero-order valence-corrected chi connectivity index (χ0v) is 10.7. The topological polar surface area (TPSA) is 45.2 Å². The second-order valence-electron chi connectivity index (χ2n) is 5.30. The number of carbonyl (C=O) groups is 1. The van der Waals surface area contributed by atoms with Crippen molar-refractivity contribution in [3.05, 3.63) is 29.6 Å². The lowest BCUT2D eigenvalue weighted by molar-refractivity contribution is -0.132. The SMILES string of the molecule is Cc1cccc(CN2CC3NCCCC3C2=O)n1. The number of pyridine rings is 1. The van der Waals surface area contributed by atoms with Gasteiger partial charge in [0.05, 0.1) is 18.2 Å². The quantitative estimate of drug-likeness (QED) is 0.848. The van der Waals surface area contributed by atoms with E-state index in [2.05, 4.69) is 10.3 Å². The summed E-state index contributed by atoms with van der Waals surface area (Å²) >= 11 is 0. The first kappa shape index (κ1) is 11.7. The maximum Gasteiger partial charge on any atom is 0.227 e. The smallest absolute Gasteiger partial charge is 0.227 e. The van der Waals surface area contributed by atoms with Crippen LogP contribution in [-0.4, -0.2) is 34.9 Å². The third-order valence-corrected chi connectivity index (χ3v) is 3.93. The zero-order chi connectivity index (χ0) is 12.5. The van der Waals surface area contributed by atoms with Crippen molar-refractivity contribution < 1.29 is 4.79 Å². The molecule has 1 aromatic heterocycles. The molecule has 2 aliphatic heterocycles. The van der Waals surface area contributed by atoms with Gasteiger partial charge in [-0.2, -0.15) is 0 Å². The molecule has 3 heterocycles. The summed E-state index contributed by atoms with van der Waals surface area (Å²) in [6.07, 6.45) is 2.15. The molecule has 96 valence electrons. The number of piperidine rings is 1. The minimum atomic E-state index is 0.198. The van der Waals surface area contributed by atoms with Gasteiger partial charge >= 0.3 is 0 Å². The molecule has 18 heavy (non-hydrogen) atoms. The number of hydrogen-bond donors (Lipinski definition) is 1. The van der Waals surface area contributed by atoms with E-state index in [-0.39, 0.29) is 5.92 Å². The van der Waals surface area contributed by atoms with E-state index in [1.807, 2.05) is 30.0 Å². The van der Waals surface area contributed by atoms with Gasteiger partial charge in [0.15, 0.2) is 0 Å². The second kappa shape index (κ2) is 4.69. The number of likely N-dealkylation sites (tertiary alicyclic amines) is 1. The van der Waals surface area contributed by atoms with E-state index >= 15 is 0 Å². The van der Waals surface area contributed by atoms with Crippen molar-refractivity contribution in [2.24, 2.45) is 5.92 Å². The number of amides is 1. The number of fused-ring (bicyclic) bond motifs is 1. The molecule has 4 heteroatoms. The summed E-state index contributed by atoms with van der Waals surface area (Å²) in [7, 11) is 0. The molecule has 2 saturated heterocycles. The van der Waals surface area contributed by atoms with Crippen LogP contribution in [0.3, 0.4) is 0 Å². The highest BCUT2D eigenvalue weighted by atomic mass is 16.2. The molecule has 2 atom stereocenters. The van der Waals surface area contributed by atoms with E-state index < -0.39 is 0 Å². The van der Waals surface area contributed by atoms with Gasteiger partial charge in [0.2, 0.25) is 5.91 Å². The monoisotopic (exact) mass is 245 g/mol. The zero-order valence-electron chi connectivity index (χ0n) is 10.7. The summed E-state index contributed by atoms with van der Waals surface area (Å²) < 4.78 is 0. The molecule has 0 spiro atoms. The van der Waals surface area contributed by atoms with Crippen LogP contribution >= 0.6 is 0 Å². The summed E-state index contributed by atoms with van der Waals surface area (Å²) in [5, 5.41) is 3.46. The van der Waals surface area contributed by atoms with Crippen molar-refractivity contribution in [2.45, 2.75) is 32.4 Å². The molecule has 4 nitrogen and oxygen atoms in total. The third kappa shape index (κ3) is 2.12. The van der Waals surface area contributed by atoms with Crippen LogP contribution in [-0.2, 0) is 11.3 Å². The van der Waals surface area contributed by atoms with Gasteiger partial charge in [-0.15, -0.1) is 0 Å². The highest BCUT2D eigenvalue weighted by molar-refractivity contribution is 5.82. The van der Waals surface area contributed by atoms with Gasteiger partial charge in [-0.05, 0) is 38.4 Å². The van der Waals surface area contributed by atoms with Crippen LogP contribution in [0.2, 0.25) is 0 Å². The summed E-state index contributed by atoms with van der Waals surface area (Å²) in [4.78, 5) is 18.7. The Balaban J connectivity index is 1.72. The number of nitrogens with zero attached hydrogens (tertiary/aromatic N) is 2. The predicted molar refractivity (Wildman–Crippen MR) is 68.9 cm³/mol. The maximum atomic E-state index is 12.3. The molecule has 1 aromatic rings. The molecule has 0 aliphatic carbocycles. The minimum Gasteiger partial charge on any atom is -0.335 e. The van der Waals surface area contributed by atoms with Gasteiger partial charge in [0.25, 0.3) is 0 Å². The molecule has 2 aliphatic rings. The van der Waals surface area contributed by atoms with Gasteiger partial charge in [0, 0.05) is 18.3 Å². The standard InChI is InChI=1S/C14H19N3O/c1-10-4-2-5-11(16-10)8-17-9-13-12(14(17)18)6-3-7-15-13/h2,4-5,12-13,15H,3,6-9H2,1H3. The lowest BCUT2D eigenvalue weighted by Gasteiger charge is -2.23. The molecule has 2 unspecified atom stereocenters. The molecular weight excluding hydrogens is 226 g/mol. The predicted octanol–water partition coefficient (Wildman–Crippen LogP) is 1.10. The molecule has 1 N–H and O–H groups in total. The summed E-state index contributed by atoms with van der Waals surface area (Å²) in [6, 6.07) is 6.34. The van der Waals surface area contributed by atoms with Gasteiger partial charge in [-0.1, -0.05) is 6.07 Å². The largest absolute Gasteiger partial charge is 0.335 e. The van der Waals surface area contributed by atoms with Crippen molar-refractivity contribution in [1.29, 1.82) is 0 Å². The Bertz CT molecular complexity index is 460. The van der Waals surface area contributed by atoms with Crippen LogP contribution in [0.15, 0.2) is 18.2 Å². The van der Waals surface area contributed by atoms with Crippen molar-refractivity contribution in [3.63, 3.8) is 0 Å². The summed E-state index contributed by atoms with van der Waals surface area (Å²) in [5.41, 5.74) is 2.00. The highest BCUT2D eigenvalue weighted by Gasteiger charge is 2.41. The molecule has 0 saturated carbocycles. The number of nitrogens with one attached hydrogen (secondary N) is 1. The average molecular weight is 245 g/mol. The van der Waals surface area contributed by atoms with Gasteiger partial charge in [-0.3, -0.25) is 9.78 Å². The number of rotatable bonds is 2. The Hall–Kier alpha value is -1.42. The lowest BCUT2D eigenvalue weighted by Crippen LogP contribution is -2.41. The number of hydrogen-bond acceptors (Lipinski definition) is 3. The second-order valence-corrected chi connectivity index (χ2v) is 5.30. The molecule has 1 amide bonds. The fourth-order valence-corrected chi connectivity index (χ4v) is 3.03. The molecular formula is C14H19N3O. The van der Waals surface area contributed by atoms with E-state index in [0.717, 1.165) is 37.3 Å². The van der Waals surface area contributed by atoms with Crippen molar-refractivity contribution in [2.75, 3.05) is 13.1 Å². The molecule has 2 fully saturated rings. The molecule has 0 aromatic carbocycles. The third-order valence-electron chi connectivity index (χ3n) is 3.93. The van der Waals surface area contributed by atoms with E-state index in [4.69, 9.17) is 0 Å². The van der Waals surface area contributed by atoms with Gasteiger partial charge < -0.3 is 10.2 Å². The average Bonchev–Trinajstić information content (AvgIpc) is 2.67. The fourth-order valence-electron chi connectivity index (χ4n) is 3.03.